The Hall–Kier alpha value is -0.760. The van der Waals surface area contributed by atoms with Gasteiger partial charge in [0, 0.05) is 5.56 Å². The van der Waals surface area contributed by atoms with Crippen molar-refractivity contribution in [3.05, 3.63) is 34.9 Å². The Morgan fingerprint density at radius 2 is 1.73 bits per heavy atom. The highest BCUT2D eigenvalue weighted by Crippen LogP contribution is 2.14. The number of Topliss-reactive ketones (excluding diaryl/α,β-unsaturated/α-hetero) is 1. The van der Waals surface area contributed by atoms with Gasteiger partial charge in [-0.25, -0.2) is 0 Å². The Kier molecular flexibility index (Phi) is 4.40. The van der Waals surface area contributed by atoms with Gasteiger partial charge >= 0.3 is 0 Å². The monoisotopic (exact) mass is 222 g/mol. The second kappa shape index (κ2) is 5.36. The molecule has 0 radical (unpaired) electrons. The topological polar surface area (TPSA) is 17.1 Å². The van der Waals surface area contributed by atoms with Gasteiger partial charge in [-0.15, -0.1) is 0 Å². The van der Waals surface area contributed by atoms with Gasteiger partial charge in [0.05, 0.1) is 5.75 Å². The highest BCUT2D eigenvalue weighted by molar-refractivity contribution is 8.00. The molecule has 0 saturated carbocycles. The summed E-state index contributed by atoms with van der Waals surface area (Å²) in [4.78, 5) is 11.8. The molecule has 2 heteroatoms. The fourth-order valence-corrected chi connectivity index (χ4v) is 2.11. The summed E-state index contributed by atoms with van der Waals surface area (Å²) in [7, 11) is 0. The highest BCUT2D eigenvalue weighted by Gasteiger charge is 2.07. The van der Waals surface area contributed by atoms with Crippen LogP contribution in [-0.2, 0) is 0 Å². The number of benzene rings is 1. The molecule has 0 aliphatic carbocycles. The van der Waals surface area contributed by atoms with Crippen LogP contribution in [0.2, 0.25) is 0 Å². The molecule has 0 bridgehead atoms. The van der Waals surface area contributed by atoms with Gasteiger partial charge in [0.25, 0.3) is 0 Å². The Morgan fingerprint density at radius 3 is 2.20 bits per heavy atom. The summed E-state index contributed by atoms with van der Waals surface area (Å²) in [6.45, 7) is 8.28. The molecule has 0 spiro atoms. The molecule has 1 nitrogen and oxygen atoms in total. The average Bonchev–Trinajstić information content (AvgIpc) is 2.12. The standard InChI is InChI=1S/C13H18OS/c1-9(2)15-8-13(14)12-6-10(3)5-11(4)7-12/h5-7,9H,8H2,1-4H3. The van der Waals surface area contributed by atoms with Gasteiger partial charge in [-0.2, -0.15) is 11.8 Å². The van der Waals surface area contributed by atoms with E-state index in [1.807, 2.05) is 26.0 Å². The third-order valence-corrected chi connectivity index (χ3v) is 3.19. The zero-order valence-electron chi connectivity index (χ0n) is 9.83. The molecule has 0 N–H and O–H groups in total. The van der Waals surface area contributed by atoms with Crippen LogP contribution in [0, 0.1) is 13.8 Å². The molecule has 0 saturated heterocycles. The first-order chi connectivity index (χ1) is 6.99. The van der Waals surface area contributed by atoms with Crippen LogP contribution in [0.1, 0.15) is 35.3 Å². The fourth-order valence-electron chi connectivity index (χ4n) is 1.46. The lowest BCUT2D eigenvalue weighted by Crippen LogP contribution is -2.05. The number of rotatable bonds is 4. The molecule has 1 aromatic carbocycles. The van der Waals surface area contributed by atoms with Crippen LogP contribution in [0.25, 0.3) is 0 Å². The van der Waals surface area contributed by atoms with E-state index in [1.54, 1.807) is 11.8 Å². The normalized spacial score (nSPS) is 10.7. The lowest BCUT2D eigenvalue weighted by Gasteiger charge is -2.06. The Bertz CT molecular complexity index is 335. The molecule has 0 atom stereocenters. The maximum Gasteiger partial charge on any atom is 0.172 e. The van der Waals surface area contributed by atoms with E-state index in [0.29, 0.717) is 11.0 Å². The average molecular weight is 222 g/mol. The second-order valence-corrected chi connectivity index (χ2v) is 5.72. The fraction of sp³-hybridized carbons (Fsp3) is 0.462. The Balaban J connectivity index is 2.73. The van der Waals surface area contributed by atoms with Crippen molar-refractivity contribution in [2.45, 2.75) is 32.9 Å². The summed E-state index contributed by atoms with van der Waals surface area (Å²) in [5.41, 5.74) is 3.17. The van der Waals surface area contributed by atoms with E-state index in [9.17, 15) is 4.79 Å². The van der Waals surface area contributed by atoms with E-state index in [2.05, 4.69) is 19.9 Å². The van der Waals surface area contributed by atoms with Crippen molar-refractivity contribution in [1.29, 1.82) is 0 Å². The number of thioether (sulfide) groups is 1. The molecular formula is C13H18OS. The summed E-state index contributed by atoms with van der Waals surface area (Å²) >= 11 is 1.70. The van der Waals surface area contributed by atoms with E-state index in [-0.39, 0.29) is 5.78 Å². The molecule has 0 heterocycles. The lowest BCUT2D eigenvalue weighted by atomic mass is 10.1. The quantitative estimate of drug-likeness (QED) is 0.724. The second-order valence-electron chi connectivity index (χ2n) is 4.16. The van der Waals surface area contributed by atoms with Gasteiger partial charge in [0.2, 0.25) is 0 Å². The van der Waals surface area contributed by atoms with Crippen LogP contribution < -0.4 is 0 Å². The largest absolute Gasteiger partial charge is 0.293 e. The van der Waals surface area contributed by atoms with Gasteiger partial charge in [-0.1, -0.05) is 31.0 Å². The smallest absolute Gasteiger partial charge is 0.172 e. The Morgan fingerprint density at radius 1 is 1.20 bits per heavy atom. The molecule has 0 amide bonds. The number of ketones is 1. The third kappa shape index (κ3) is 4.08. The van der Waals surface area contributed by atoms with Gasteiger partial charge in [-0.3, -0.25) is 4.79 Å². The van der Waals surface area contributed by atoms with Crippen LogP contribution in [0.15, 0.2) is 18.2 Å². The summed E-state index contributed by atoms with van der Waals surface area (Å²) < 4.78 is 0. The van der Waals surface area contributed by atoms with Crippen molar-refractivity contribution in [3.63, 3.8) is 0 Å². The van der Waals surface area contributed by atoms with Crippen LogP contribution in [0.3, 0.4) is 0 Å². The van der Waals surface area contributed by atoms with E-state index in [1.165, 1.54) is 0 Å². The molecule has 0 aliphatic heterocycles. The first kappa shape index (κ1) is 12.3. The molecule has 0 aromatic heterocycles. The first-order valence-corrected chi connectivity index (χ1v) is 6.27. The highest BCUT2D eigenvalue weighted by atomic mass is 32.2. The third-order valence-electron chi connectivity index (χ3n) is 2.09. The Labute approximate surface area is 96.3 Å². The number of hydrogen-bond donors (Lipinski definition) is 0. The summed E-state index contributed by atoms with van der Waals surface area (Å²) in [5.74, 6) is 0.820. The van der Waals surface area contributed by atoms with Gasteiger partial charge in [-0.05, 0) is 31.2 Å². The first-order valence-electron chi connectivity index (χ1n) is 5.22. The number of carbonyl (C=O) groups is 1. The minimum absolute atomic E-state index is 0.237. The van der Waals surface area contributed by atoms with Crippen molar-refractivity contribution in [3.8, 4) is 0 Å². The predicted molar refractivity (Wildman–Crippen MR) is 67.8 cm³/mol. The van der Waals surface area contributed by atoms with E-state index >= 15 is 0 Å². The van der Waals surface area contributed by atoms with Crippen molar-refractivity contribution in [2.75, 3.05) is 5.75 Å². The summed E-state index contributed by atoms with van der Waals surface area (Å²) in [6, 6.07) is 6.03. The van der Waals surface area contributed by atoms with Crippen LogP contribution in [0.4, 0.5) is 0 Å². The number of hydrogen-bond acceptors (Lipinski definition) is 2. The molecule has 1 rings (SSSR count). The van der Waals surface area contributed by atoms with Gasteiger partial charge in [0.15, 0.2) is 5.78 Å². The molecule has 82 valence electrons. The van der Waals surface area contributed by atoms with Crippen molar-refractivity contribution in [2.24, 2.45) is 0 Å². The maximum atomic E-state index is 11.8. The van der Waals surface area contributed by atoms with E-state index in [4.69, 9.17) is 0 Å². The number of carbonyl (C=O) groups excluding carboxylic acids is 1. The SMILES string of the molecule is Cc1cc(C)cc(C(=O)CSC(C)C)c1. The minimum atomic E-state index is 0.237. The van der Waals surface area contributed by atoms with Crippen molar-refractivity contribution < 1.29 is 4.79 Å². The van der Waals surface area contributed by atoms with Gasteiger partial charge < -0.3 is 0 Å². The van der Waals surface area contributed by atoms with E-state index < -0.39 is 0 Å². The zero-order valence-corrected chi connectivity index (χ0v) is 10.6. The zero-order chi connectivity index (χ0) is 11.4. The van der Waals surface area contributed by atoms with Crippen LogP contribution >= 0.6 is 11.8 Å². The molecule has 1 aromatic rings. The van der Waals surface area contributed by atoms with Crippen LogP contribution in [-0.4, -0.2) is 16.8 Å². The lowest BCUT2D eigenvalue weighted by molar-refractivity contribution is 0.102. The van der Waals surface area contributed by atoms with Crippen molar-refractivity contribution in [1.82, 2.24) is 0 Å². The number of aryl methyl sites for hydroxylation is 2. The van der Waals surface area contributed by atoms with Crippen LogP contribution in [0.5, 0.6) is 0 Å². The summed E-state index contributed by atoms with van der Waals surface area (Å²) in [5, 5.41) is 0.514. The maximum absolute atomic E-state index is 11.8. The molecular weight excluding hydrogens is 204 g/mol. The molecule has 0 aliphatic rings. The predicted octanol–water partition coefficient (Wildman–Crippen LogP) is 3.63. The summed E-state index contributed by atoms with van der Waals surface area (Å²) in [6.07, 6.45) is 0. The van der Waals surface area contributed by atoms with Gasteiger partial charge in [0.1, 0.15) is 0 Å². The van der Waals surface area contributed by atoms with E-state index in [0.717, 1.165) is 16.7 Å². The van der Waals surface area contributed by atoms with Crippen molar-refractivity contribution >= 4 is 17.5 Å². The molecule has 0 fully saturated rings. The minimum Gasteiger partial charge on any atom is -0.293 e. The molecule has 15 heavy (non-hydrogen) atoms. The molecule has 0 unspecified atom stereocenters.